The van der Waals surface area contributed by atoms with E-state index in [0.29, 0.717) is 29.6 Å². The number of aromatic hydroxyl groups is 2. The zero-order valence-electron chi connectivity index (χ0n) is 28.2. The van der Waals surface area contributed by atoms with Gasteiger partial charge in [0, 0.05) is 43.9 Å². The third-order valence-corrected chi connectivity index (χ3v) is 9.18. The van der Waals surface area contributed by atoms with Crippen molar-refractivity contribution in [3.05, 3.63) is 86.9 Å². The van der Waals surface area contributed by atoms with E-state index in [0.717, 1.165) is 17.7 Å². The molecule has 8 N–H and O–H groups in total. The van der Waals surface area contributed by atoms with Gasteiger partial charge in [0.1, 0.15) is 23.2 Å². The standard InChI is InChI=1S/C33H32BClF2N6O11/c1-41(14-15-2-4-16(5-3-15)28(38)46)8-9-42-10-11-43(31(49)30(42)48)33(52)40-24(18-13-20(37)25(44)26(45)23(18)35)29(47)39-21-12-17-6-7-19(36)22(32(50)51)27(17)54-34(21)53/h2-7,13,21,24,44-45,53H,8-12,14H2,1H3,(H2,38,46)(H,39,47)(H,40,52)(H,50,51). The maximum absolute atomic E-state index is 14.6. The number of halogens is 3. The van der Waals surface area contributed by atoms with Crippen LogP contribution in [0.1, 0.15) is 43.4 Å². The molecular formula is C33H32BClF2N6O11. The minimum atomic E-state index is -2.05. The summed E-state index contributed by atoms with van der Waals surface area (Å²) in [6, 6.07) is 5.79. The van der Waals surface area contributed by atoms with Crippen molar-refractivity contribution in [1.82, 2.24) is 25.3 Å². The van der Waals surface area contributed by atoms with E-state index in [4.69, 9.17) is 22.0 Å². The van der Waals surface area contributed by atoms with Gasteiger partial charge in [-0.2, -0.15) is 0 Å². The molecule has 3 aromatic carbocycles. The van der Waals surface area contributed by atoms with Crippen LogP contribution in [0.25, 0.3) is 0 Å². The number of carbonyl (C=O) groups excluding carboxylic acids is 5. The number of piperazine rings is 1. The number of nitrogens with zero attached hydrogens (tertiary/aromatic N) is 3. The van der Waals surface area contributed by atoms with Crippen molar-refractivity contribution >= 4 is 54.3 Å². The molecule has 0 saturated carbocycles. The molecule has 3 aromatic rings. The first-order valence-electron chi connectivity index (χ1n) is 16.1. The molecule has 2 unspecified atom stereocenters. The van der Waals surface area contributed by atoms with E-state index in [-0.39, 0.29) is 31.6 Å². The summed E-state index contributed by atoms with van der Waals surface area (Å²) in [6.07, 6.45) is -0.321. The fourth-order valence-corrected chi connectivity index (χ4v) is 6.13. The molecule has 1 saturated heterocycles. The van der Waals surface area contributed by atoms with Gasteiger partial charge in [-0.15, -0.1) is 0 Å². The van der Waals surface area contributed by atoms with Crippen LogP contribution < -0.4 is 21.0 Å². The lowest BCUT2D eigenvalue weighted by atomic mass is 9.72. The smallest absolute Gasteiger partial charge is 0.534 e. The zero-order chi connectivity index (χ0) is 39.6. The van der Waals surface area contributed by atoms with E-state index in [1.807, 2.05) is 4.90 Å². The molecule has 2 aliphatic rings. The van der Waals surface area contributed by atoms with E-state index in [9.17, 15) is 57.9 Å². The molecular weight excluding hydrogens is 741 g/mol. The number of aromatic carboxylic acids is 1. The number of carboxylic acids is 1. The quantitative estimate of drug-likeness (QED) is 0.0801. The Bertz CT molecular complexity index is 2040. The molecule has 6 amide bonds. The fourth-order valence-electron chi connectivity index (χ4n) is 5.88. The van der Waals surface area contributed by atoms with Gasteiger partial charge in [-0.3, -0.25) is 24.1 Å². The molecule has 21 heteroatoms. The number of carbonyl (C=O) groups is 6. The minimum absolute atomic E-state index is 0.0726. The SMILES string of the molecule is CN(CCN1CCN(C(=O)NC(C(=O)NC2Cc3ccc(F)c(C(=O)O)c3OB2O)c2cc(F)c(O)c(O)c2Cl)C(=O)C1=O)Cc1ccc(C(N)=O)cc1. The summed E-state index contributed by atoms with van der Waals surface area (Å²) in [7, 11) is -0.199. The van der Waals surface area contributed by atoms with Crippen molar-refractivity contribution in [3.63, 3.8) is 0 Å². The lowest BCUT2D eigenvalue weighted by Crippen LogP contribution is -2.60. The number of primary amides is 1. The summed E-state index contributed by atoms with van der Waals surface area (Å²) in [5, 5.41) is 43.8. The average molecular weight is 773 g/mol. The molecule has 0 aromatic heterocycles. The van der Waals surface area contributed by atoms with Crippen LogP contribution in [0.5, 0.6) is 17.2 Å². The number of urea groups is 1. The van der Waals surface area contributed by atoms with Crippen LogP contribution in [0, 0.1) is 11.6 Å². The molecule has 284 valence electrons. The molecule has 2 aliphatic heterocycles. The maximum atomic E-state index is 14.6. The average Bonchev–Trinajstić information content (AvgIpc) is 3.12. The van der Waals surface area contributed by atoms with Gasteiger partial charge in [-0.05, 0) is 48.9 Å². The number of hydrogen-bond donors (Lipinski definition) is 7. The number of carboxylic acid groups (broad SMARTS) is 1. The highest BCUT2D eigenvalue weighted by molar-refractivity contribution is 6.47. The van der Waals surface area contributed by atoms with Gasteiger partial charge < -0.3 is 51.2 Å². The number of imide groups is 1. The number of nitrogens with two attached hydrogens (primary N) is 1. The zero-order valence-corrected chi connectivity index (χ0v) is 29.0. The molecule has 17 nitrogen and oxygen atoms in total. The predicted octanol–water partition coefficient (Wildman–Crippen LogP) is 0.520. The highest BCUT2D eigenvalue weighted by atomic mass is 35.5. The highest BCUT2D eigenvalue weighted by Gasteiger charge is 2.42. The van der Waals surface area contributed by atoms with Crippen LogP contribution in [0.4, 0.5) is 13.6 Å². The number of nitrogens with one attached hydrogen (secondary N) is 2. The Morgan fingerprint density at radius 3 is 2.39 bits per heavy atom. The van der Waals surface area contributed by atoms with Crippen molar-refractivity contribution in [1.29, 1.82) is 0 Å². The van der Waals surface area contributed by atoms with Gasteiger partial charge in [0.25, 0.3) is 0 Å². The van der Waals surface area contributed by atoms with E-state index in [1.165, 1.54) is 4.90 Å². The van der Waals surface area contributed by atoms with Crippen molar-refractivity contribution in [3.8, 4) is 17.2 Å². The van der Waals surface area contributed by atoms with Gasteiger partial charge in [0.2, 0.25) is 11.8 Å². The van der Waals surface area contributed by atoms with Crippen molar-refractivity contribution in [2.45, 2.75) is 24.9 Å². The van der Waals surface area contributed by atoms with Crippen LogP contribution in [-0.4, -0.2) is 117 Å². The molecule has 2 heterocycles. The lowest BCUT2D eigenvalue weighted by molar-refractivity contribution is -0.153. The molecule has 5 rings (SSSR count). The van der Waals surface area contributed by atoms with E-state index < -0.39 is 99.8 Å². The topological polar surface area (TPSA) is 252 Å². The van der Waals surface area contributed by atoms with Gasteiger partial charge >= 0.3 is 30.9 Å². The van der Waals surface area contributed by atoms with E-state index in [2.05, 4.69) is 10.6 Å². The second-order valence-electron chi connectivity index (χ2n) is 12.4. The highest BCUT2D eigenvalue weighted by Crippen LogP contribution is 2.40. The number of phenolic OH excluding ortho intramolecular Hbond substituents is 2. The number of benzene rings is 3. The second-order valence-corrected chi connectivity index (χ2v) is 12.8. The van der Waals surface area contributed by atoms with Gasteiger partial charge in [0.05, 0.1) is 11.0 Å². The lowest BCUT2D eigenvalue weighted by Gasteiger charge is -2.34. The Kier molecular flexibility index (Phi) is 11.6. The summed E-state index contributed by atoms with van der Waals surface area (Å²) in [5.41, 5.74) is 5.07. The number of likely N-dealkylation sites (N-methyl/N-ethyl adjacent to an activating group) is 1. The number of hydrogen-bond acceptors (Lipinski definition) is 11. The van der Waals surface area contributed by atoms with E-state index >= 15 is 0 Å². The molecule has 0 aliphatic carbocycles. The van der Waals surface area contributed by atoms with Gasteiger partial charge in [0.15, 0.2) is 17.3 Å². The third-order valence-electron chi connectivity index (χ3n) is 8.78. The summed E-state index contributed by atoms with van der Waals surface area (Å²) in [5.74, 6) is -12.7. The largest absolute Gasteiger partial charge is 0.547 e. The third kappa shape index (κ3) is 8.14. The van der Waals surface area contributed by atoms with Crippen LogP contribution in [0.15, 0.2) is 42.5 Å². The van der Waals surface area contributed by atoms with Crippen LogP contribution >= 0.6 is 11.6 Å². The molecule has 2 atom stereocenters. The Balaban J connectivity index is 1.29. The molecule has 0 radical (unpaired) electrons. The Labute approximate surface area is 310 Å². The van der Waals surface area contributed by atoms with Gasteiger partial charge in [-0.25, -0.2) is 18.4 Å². The second kappa shape index (κ2) is 15.9. The van der Waals surface area contributed by atoms with Crippen molar-refractivity contribution in [2.24, 2.45) is 5.73 Å². The Morgan fingerprint density at radius 1 is 1.06 bits per heavy atom. The maximum Gasteiger partial charge on any atom is 0.547 e. The summed E-state index contributed by atoms with van der Waals surface area (Å²) in [6.45, 7) is 0.405. The number of phenols is 2. The van der Waals surface area contributed by atoms with Crippen molar-refractivity contribution < 1.29 is 62.5 Å². The minimum Gasteiger partial charge on any atom is -0.534 e. The van der Waals surface area contributed by atoms with Crippen LogP contribution in [-0.2, 0) is 27.3 Å². The summed E-state index contributed by atoms with van der Waals surface area (Å²) < 4.78 is 34.1. The monoisotopic (exact) mass is 772 g/mol. The molecule has 1 fully saturated rings. The summed E-state index contributed by atoms with van der Waals surface area (Å²) in [4.78, 5) is 79.9. The molecule has 0 spiro atoms. The molecule has 0 bridgehead atoms. The first kappa shape index (κ1) is 39.2. The van der Waals surface area contributed by atoms with Crippen LogP contribution in [0.3, 0.4) is 0 Å². The normalized spacial score (nSPS) is 16.1. The van der Waals surface area contributed by atoms with Crippen molar-refractivity contribution in [2.75, 3.05) is 33.2 Å². The number of rotatable bonds is 11. The first-order chi connectivity index (χ1) is 25.5. The van der Waals surface area contributed by atoms with Gasteiger partial charge in [-0.1, -0.05) is 29.8 Å². The van der Waals surface area contributed by atoms with E-state index in [1.54, 1.807) is 31.3 Å². The summed E-state index contributed by atoms with van der Waals surface area (Å²) >= 11 is 6.14. The Hall–Kier alpha value is -5.99. The fraction of sp³-hybridized carbons (Fsp3) is 0.273. The van der Waals surface area contributed by atoms with Crippen LogP contribution in [0.2, 0.25) is 5.02 Å². The number of amides is 6. The Morgan fingerprint density at radius 2 is 1.74 bits per heavy atom. The molecule has 54 heavy (non-hydrogen) atoms. The first-order valence-corrected chi connectivity index (χ1v) is 16.4. The predicted molar refractivity (Wildman–Crippen MR) is 183 cm³/mol. The number of fused-ring (bicyclic) bond motifs is 1.